The number of fused-ring (bicyclic) bond motifs is 1. The highest BCUT2D eigenvalue weighted by molar-refractivity contribution is 5.49. The van der Waals surface area contributed by atoms with Gasteiger partial charge in [-0.3, -0.25) is 0 Å². The molecule has 6 nitrogen and oxygen atoms in total. The van der Waals surface area contributed by atoms with E-state index in [0.29, 0.717) is 12.5 Å². The van der Waals surface area contributed by atoms with Crippen molar-refractivity contribution in [3.05, 3.63) is 47.4 Å². The third kappa shape index (κ3) is 2.79. The zero-order chi connectivity index (χ0) is 16.5. The van der Waals surface area contributed by atoms with Gasteiger partial charge in [-0.2, -0.15) is 10.1 Å². The van der Waals surface area contributed by atoms with Crippen molar-refractivity contribution in [2.24, 2.45) is 0 Å². The van der Waals surface area contributed by atoms with Gasteiger partial charge in [-0.25, -0.2) is 9.50 Å². The number of nitrogens with zero attached hydrogens (tertiary/aromatic N) is 5. The molecule has 4 rings (SSSR count). The minimum Gasteiger partial charge on any atom is -0.471 e. The summed E-state index contributed by atoms with van der Waals surface area (Å²) in [5.74, 6) is 1.64. The van der Waals surface area contributed by atoms with Crippen LogP contribution in [0.25, 0.3) is 5.65 Å². The molecule has 0 atom stereocenters. The molecule has 1 saturated heterocycles. The van der Waals surface area contributed by atoms with Crippen molar-refractivity contribution in [3.63, 3.8) is 0 Å². The number of hydrogen-bond acceptors (Lipinski definition) is 5. The highest BCUT2D eigenvalue weighted by Crippen LogP contribution is 2.19. The predicted molar refractivity (Wildman–Crippen MR) is 92.5 cm³/mol. The van der Waals surface area contributed by atoms with Crippen LogP contribution in [0.4, 0.5) is 5.82 Å². The summed E-state index contributed by atoms with van der Waals surface area (Å²) in [6, 6.07) is 7.94. The minimum atomic E-state index is 0.414. The van der Waals surface area contributed by atoms with Crippen LogP contribution in [0.1, 0.15) is 29.8 Å². The Morgan fingerprint density at radius 2 is 1.92 bits per heavy atom. The number of aromatic nitrogens is 4. The number of pyridine rings is 1. The van der Waals surface area contributed by atoms with E-state index in [1.807, 2.05) is 38.2 Å². The van der Waals surface area contributed by atoms with Gasteiger partial charge in [0.25, 0.3) is 0 Å². The van der Waals surface area contributed by atoms with E-state index < -0.39 is 0 Å². The molecule has 0 radical (unpaired) electrons. The van der Waals surface area contributed by atoms with Gasteiger partial charge in [0.1, 0.15) is 12.4 Å². The second kappa shape index (κ2) is 6.11. The first kappa shape index (κ1) is 14.9. The molecular formula is C18H21N5O. The SMILES string of the molecule is Cc1nn2ccc(OCc3cccc(N4CCCC4)n3)nc2c1C. The number of hydrogen-bond donors (Lipinski definition) is 0. The van der Waals surface area contributed by atoms with Crippen molar-refractivity contribution in [2.45, 2.75) is 33.3 Å². The Labute approximate surface area is 141 Å². The molecule has 6 heteroatoms. The van der Waals surface area contributed by atoms with Crippen LogP contribution in [0.15, 0.2) is 30.5 Å². The fourth-order valence-electron chi connectivity index (χ4n) is 3.03. The molecule has 1 aliphatic heterocycles. The van der Waals surface area contributed by atoms with Gasteiger partial charge >= 0.3 is 0 Å². The van der Waals surface area contributed by atoms with Crippen molar-refractivity contribution >= 4 is 11.5 Å². The minimum absolute atomic E-state index is 0.414. The quantitative estimate of drug-likeness (QED) is 0.739. The largest absolute Gasteiger partial charge is 0.471 e. The molecule has 0 bridgehead atoms. The van der Waals surface area contributed by atoms with E-state index in [-0.39, 0.29) is 0 Å². The lowest BCUT2D eigenvalue weighted by molar-refractivity contribution is 0.289. The van der Waals surface area contributed by atoms with Crippen LogP contribution in [0.5, 0.6) is 5.88 Å². The first-order valence-electron chi connectivity index (χ1n) is 8.37. The maximum absolute atomic E-state index is 5.85. The van der Waals surface area contributed by atoms with E-state index in [2.05, 4.69) is 21.0 Å². The van der Waals surface area contributed by atoms with Crippen LogP contribution in [-0.2, 0) is 6.61 Å². The normalized spacial score (nSPS) is 14.5. The molecule has 1 fully saturated rings. The molecule has 0 unspecified atom stereocenters. The van der Waals surface area contributed by atoms with E-state index in [9.17, 15) is 0 Å². The fourth-order valence-corrected chi connectivity index (χ4v) is 3.03. The van der Waals surface area contributed by atoms with Gasteiger partial charge < -0.3 is 9.64 Å². The molecule has 0 amide bonds. The average Bonchev–Trinajstić information content (AvgIpc) is 3.23. The Bertz CT molecular complexity index is 867. The zero-order valence-electron chi connectivity index (χ0n) is 14.1. The van der Waals surface area contributed by atoms with Gasteiger partial charge in [-0.15, -0.1) is 0 Å². The smallest absolute Gasteiger partial charge is 0.217 e. The lowest BCUT2D eigenvalue weighted by atomic mass is 10.3. The Balaban J connectivity index is 1.50. The van der Waals surface area contributed by atoms with Crippen LogP contribution in [0.3, 0.4) is 0 Å². The van der Waals surface area contributed by atoms with Crippen molar-refractivity contribution in [2.75, 3.05) is 18.0 Å². The number of anilines is 1. The maximum atomic E-state index is 5.85. The van der Waals surface area contributed by atoms with Crippen LogP contribution in [0, 0.1) is 13.8 Å². The number of rotatable bonds is 4. The summed E-state index contributed by atoms with van der Waals surface area (Å²) in [5, 5.41) is 4.41. The molecule has 24 heavy (non-hydrogen) atoms. The molecule has 0 aromatic carbocycles. The molecule has 4 heterocycles. The van der Waals surface area contributed by atoms with Gasteiger partial charge in [-0.05, 0) is 38.8 Å². The summed E-state index contributed by atoms with van der Waals surface area (Å²) in [5.41, 5.74) is 3.82. The Hall–Kier alpha value is -2.63. The highest BCUT2D eigenvalue weighted by Gasteiger charge is 2.14. The monoisotopic (exact) mass is 323 g/mol. The Morgan fingerprint density at radius 3 is 2.75 bits per heavy atom. The van der Waals surface area contributed by atoms with Crippen molar-refractivity contribution in [1.29, 1.82) is 0 Å². The first-order valence-corrected chi connectivity index (χ1v) is 8.37. The molecule has 0 spiro atoms. The second-order valence-electron chi connectivity index (χ2n) is 6.21. The average molecular weight is 323 g/mol. The molecule has 0 saturated carbocycles. The summed E-state index contributed by atoms with van der Waals surface area (Å²) in [4.78, 5) is 11.6. The van der Waals surface area contributed by atoms with E-state index >= 15 is 0 Å². The summed E-state index contributed by atoms with van der Waals surface area (Å²) < 4.78 is 7.63. The number of aryl methyl sites for hydroxylation is 2. The summed E-state index contributed by atoms with van der Waals surface area (Å²) in [6.45, 7) is 6.61. The van der Waals surface area contributed by atoms with Crippen LogP contribution in [-0.4, -0.2) is 32.7 Å². The molecule has 1 aliphatic rings. The Kier molecular flexibility index (Phi) is 3.80. The lowest BCUT2D eigenvalue weighted by Crippen LogP contribution is -2.19. The summed E-state index contributed by atoms with van der Waals surface area (Å²) in [7, 11) is 0. The first-order chi connectivity index (χ1) is 11.7. The lowest BCUT2D eigenvalue weighted by Gasteiger charge is -2.16. The number of ether oxygens (including phenoxy) is 1. The summed E-state index contributed by atoms with van der Waals surface area (Å²) in [6.07, 6.45) is 4.37. The second-order valence-corrected chi connectivity index (χ2v) is 6.21. The molecular weight excluding hydrogens is 302 g/mol. The molecule has 0 aliphatic carbocycles. The van der Waals surface area contributed by atoms with E-state index in [1.54, 1.807) is 4.52 Å². The third-order valence-corrected chi connectivity index (χ3v) is 4.52. The van der Waals surface area contributed by atoms with Crippen LogP contribution < -0.4 is 9.64 Å². The predicted octanol–water partition coefficient (Wildman–Crippen LogP) is 2.92. The summed E-state index contributed by atoms with van der Waals surface area (Å²) >= 11 is 0. The molecule has 3 aromatic rings. The third-order valence-electron chi connectivity index (χ3n) is 4.52. The molecule has 3 aromatic heterocycles. The van der Waals surface area contributed by atoms with Crippen molar-refractivity contribution < 1.29 is 4.74 Å². The molecule has 0 N–H and O–H groups in total. The maximum Gasteiger partial charge on any atom is 0.217 e. The van der Waals surface area contributed by atoms with Crippen molar-refractivity contribution in [3.8, 4) is 5.88 Å². The van der Waals surface area contributed by atoms with Crippen LogP contribution >= 0.6 is 0 Å². The Morgan fingerprint density at radius 1 is 1.08 bits per heavy atom. The van der Waals surface area contributed by atoms with Crippen molar-refractivity contribution in [1.82, 2.24) is 19.6 Å². The van der Waals surface area contributed by atoms with Gasteiger partial charge in [0, 0.05) is 30.9 Å². The van der Waals surface area contributed by atoms with Gasteiger partial charge in [0.2, 0.25) is 5.88 Å². The van der Waals surface area contributed by atoms with Crippen LogP contribution in [0.2, 0.25) is 0 Å². The topological polar surface area (TPSA) is 55.6 Å². The van der Waals surface area contributed by atoms with E-state index in [0.717, 1.165) is 41.5 Å². The fraction of sp³-hybridized carbons (Fsp3) is 0.389. The van der Waals surface area contributed by atoms with Gasteiger partial charge in [0.15, 0.2) is 5.65 Å². The highest BCUT2D eigenvalue weighted by atomic mass is 16.5. The standard InChI is InChI=1S/C18H21N5O/c1-13-14(2)21-23-11-8-17(20-18(13)23)24-12-15-6-5-7-16(19-15)22-9-3-4-10-22/h5-8,11H,3-4,9-10,12H2,1-2H3. The molecule has 124 valence electrons. The van der Waals surface area contributed by atoms with Gasteiger partial charge in [0.05, 0.1) is 11.4 Å². The van der Waals surface area contributed by atoms with E-state index in [4.69, 9.17) is 9.72 Å². The van der Waals surface area contributed by atoms with E-state index in [1.165, 1.54) is 12.8 Å². The zero-order valence-corrected chi connectivity index (χ0v) is 14.1. The van der Waals surface area contributed by atoms with Gasteiger partial charge in [-0.1, -0.05) is 6.07 Å².